The van der Waals surface area contributed by atoms with Gasteiger partial charge in [0.05, 0.1) is 29.7 Å². The minimum absolute atomic E-state index is 0.0247. The van der Waals surface area contributed by atoms with Crippen molar-refractivity contribution >= 4 is 33.4 Å². The molecule has 1 aromatic carbocycles. The molecule has 27 heavy (non-hydrogen) atoms. The number of benzene rings is 1. The average molecular weight is 411 g/mol. The summed E-state index contributed by atoms with van der Waals surface area (Å²) in [5.41, 5.74) is 0.114. The maximum atomic E-state index is 13.5. The summed E-state index contributed by atoms with van der Waals surface area (Å²) in [7, 11) is -3.59. The number of sulfonamides is 1. The van der Waals surface area contributed by atoms with Gasteiger partial charge in [-0.15, -0.1) is 0 Å². The number of hydrogen-bond donors (Lipinski definition) is 1. The van der Waals surface area contributed by atoms with E-state index in [1.807, 2.05) is 0 Å². The molecule has 1 aliphatic heterocycles. The predicted molar refractivity (Wildman–Crippen MR) is 99.6 cm³/mol. The van der Waals surface area contributed by atoms with Crippen molar-refractivity contribution in [2.24, 2.45) is 0 Å². The summed E-state index contributed by atoms with van der Waals surface area (Å²) in [6, 6.07) is 8.92. The normalized spacial score (nSPS) is 15.4. The van der Waals surface area contributed by atoms with Crippen LogP contribution >= 0.6 is 11.8 Å². The van der Waals surface area contributed by atoms with Crippen LogP contribution in [0.25, 0.3) is 0 Å². The molecule has 10 heteroatoms. The molecule has 0 atom stereocenters. The van der Waals surface area contributed by atoms with Gasteiger partial charge in [0.1, 0.15) is 10.7 Å². The summed E-state index contributed by atoms with van der Waals surface area (Å²) < 4.78 is 45.1. The topological polar surface area (TPSA) is 88.6 Å². The number of nitrogens with one attached hydrogen (secondary N) is 1. The SMILES string of the molecule is O=C(CSc1ccc(S(=O)(=O)N2CCOCC2)cn1)Nc1ccccc1F. The third-order valence-electron chi connectivity index (χ3n) is 3.82. The number of hydrogen-bond acceptors (Lipinski definition) is 6. The second-order valence-electron chi connectivity index (χ2n) is 5.67. The van der Waals surface area contributed by atoms with Crippen molar-refractivity contribution in [3.63, 3.8) is 0 Å². The van der Waals surface area contributed by atoms with Gasteiger partial charge in [0.2, 0.25) is 15.9 Å². The molecule has 0 aliphatic carbocycles. The zero-order valence-corrected chi connectivity index (χ0v) is 15.9. The van der Waals surface area contributed by atoms with Crippen LogP contribution in [-0.4, -0.2) is 55.7 Å². The Balaban J connectivity index is 1.57. The number of pyridine rings is 1. The Morgan fingerprint density at radius 2 is 1.96 bits per heavy atom. The van der Waals surface area contributed by atoms with Crippen molar-refractivity contribution in [2.75, 3.05) is 37.4 Å². The molecule has 0 saturated carbocycles. The molecule has 1 amide bonds. The van der Waals surface area contributed by atoms with Gasteiger partial charge < -0.3 is 10.1 Å². The fourth-order valence-corrected chi connectivity index (χ4v) is 4.43. The largest absolute Gasteiger partial charge is 0.379 e. The van der Waals surface area contributed by atoms with Gasteiger partial charge in [-0.2, -0.15) is 4.31 Å². The van der Waals surface area contributed by atoms with Crippen LogP contribution in [0, 0.1) is 5.82 Å². The Labute approximate surface area is 161 Å². The van der Waals surface area contributed by atoms with E-state index in [9.17, 15) is 17.6 Å². The highest BCUT2D eigenvalue weighted by Crippen LogP contribution is 2.21. The fourth-order valence-electron chi connectivity index (χ4n) is 2.43. The fraction of sp³-hybridized carbons (Fsp3) is 0.294. The lowest BCUT2D eigenvalue weighted by atomic mass is 10.3. The van der Waals surface area contributed by atoms with E-state index in [1.54, 1.807) is 12.1 Å². The lowest BCUT2D eigenvalue weighted by Crippen LogP contribution is -2.40. The average Bonchev–Trinajstić information content (AvgIpc) is 2.69. The molecule has 0 radical (unpaired) electrons. The van der Waals surface area contributed by atoms with E-state index in [0.29, 0.717) is 31.3 Å². The zero-order valence-electron chi connectivity index (χ0n) is 14.3. The van der Waals surface area contributed by atoms with E-state index >= 15 is 0 Å². The van der Waals surface area contributed by atoms with Crippen molar-refractivity contribution < 1.29 is 22.3 Å². The second kappa shape index (κ2) is 8.79. The van der Waals surface area contributed by atoms with Gasteiger partial charge in [0, 0.05) is 19.3 Å². The molecule has 2 aromatic rings. The maximum Gasteiger partial charge on any atom is 0.244 e. The Morgan fingerprint density at radius 1 is 1.22 bits per heavy atom. The third-order valence-corrected chi connectivity index (χ3v) is 6.64. The molecule has 1 aromatic heterocycles. The molecule has 0 unspecified atom stereocenters. The summed E-state index contributed by atoms with van der Waals surface area (Å²) in [4.78, 5) is 16.1. The van der Waals surface area contributed by atoms with E-state index in [1.165, 1.54) is 34.8 Å². The van der Waals surface area contributed by atoms with Crippen molar-refractivity contribution in [3.8, 4) is 0 Å². The van der Waals surface area contributed by atoms with Crippen LogP contribution in [0.1, 0.15) is 0 Å². The highest BCUT2D eigenvalue weighted by atomic mass is 32.2. The van der Waals surface area contributed by atoms with Crippen LogP contribution in [0.5, 0.6) is 0 Å². The molecule has 7 nitrogen and oxygen atoms in total. The number of nitrogens with zero attached hydrogens (tertiary/aromatic N) is 2. The van der Waals surface area contributed by atoms with E-state index < -0.39 is 15.8 Å². The first-order valence-corrected chi connectivity index (χ1v) is 10.6. The highest BCUT2D eigenvalue weighted by Gasteiger charge is 2.26. The first kappa shape index (κ1) is 19.7. The quantitative estimate of drug-likeness (QED) is 0.731. The molecule has 144 valence electrons. The molecule has 1 aliphatic rings. The first-order valence-electron chi connectivity index (χ1n) is 8.18. The Bertz CT molecular complexity index is 901. The summed E-state index contributed by atoms with van der Waals surface area (Å²) in [5.74, 6) is -0.861. The number of carbonyl (C=O) groups excluding carboxylic acids is 1. The van der Waals surface area contributed by atoms with Gasteiger partial charge in [-0.05, 0) is 24.3 Å². The van der Waals surface area contributed by atoms with Crippen molar-refractivity contribution in [1.82, 2.24) is 9.29 Å². The molecular weight excluding hydrogens is 393 g/mol. The van der Waals surface area contributed by atoms with E-state index in [0.717, 1.165) is 11.8 Å². The number of carbonyl (C=O) groups is 1. The molecule has 1 fully saturated rings. The van der Waals surface area contributed by atoms with Crippen LogP contribution in [0.3, 0.4) is 0 Å². The lowest BCUT2D eigenvalue weighted by Gasteiger charge is -2.25. The van der Waals surface area contributed by atoms with Crippen molar-refractivity contribution in [2.45, 2.75) is 9.92 Å². The van der Waals surface area contributed by atoms with Crippen LogP contribution in [-0.2, 0) is 19.6 Å². The Morgan fingerprint density at radius 3 is 2.63 bits per heavy atom. The van der Waals surface area contributed by atoms with E-state index in [4.69, 9.17) is 4.74 Å². The maximum absolute atomic E-state index is 13.5. The number of morpholine rings is 1. The molecule has 3 rings (SSSR count). The lowest BCUT2D eigenvalue weighted by molar-refractivity contribution is -0.113. The number of thioether (sulfide) groups is 1. The van der Waals surface area contributed by atoms with Gasteiger partial charge in [-0.1, -0.05) is 23.9 Å². The van der Waals surface area contributed by atoms with Crippen molar-refractivity contribution in [3.05, 3.63) is 48.4 Å². The Kier molecular flexibility index (Phi) is 6.42. The smallest absolute Gasteiger partial charge is 0.244 e. The van der Waals surface area contributed by atoms with Gasteiger partial charge in [-0.3, -0.25) is 4.79 Å². The standard InChI is InChI=1S/C17H18FN3O4S2/c18-14-3-1-2-4-15(14)20-16(22)12-26-17-6-5-13(11-19-17)27(23,24)21-7-9-25-10-8-21/h1-6,11H,7-10,12H2,(H,20,22). The van der Waals surface area contributed by atoms with Crippen LogP contribution in [0.4, 0.5) is 10.1 Å². The number of halogens is 1. The zero-order chi connectivity index (χ0) is 19.3. The first-order chi connectivity index (χ1) is 13.0. The van der Waals surface area contributed by atoms with E-state index in [2.05, 4.69) is 10.3 Å². The third kappa shape index (κ3) is 5.04. The van der Waals surface area contributed by atoms with Gasteiger partial charge >= 0.3 is 0 Å². The minimum atomic E-state index is -3.59. The van der Waals surface area contributed by atoms with E-state index in [-0.39, 0.29) is 22.2 Å². The molecule has 0 spiro atoms. The monoisotopic (exact) mass is 411 g/mol. The summed E-state index contributed by atoms with van der Waals surface area (Å²) >= 11 is 1.13. The molecule has 0 bridgehead atoms. The van der Waals surface area contributed by atoms with Crippen LogP contribution < -0.4 is 5.32 Å². The molecule has 1 saturated heterocycles. The summed E-state index contributed by atoms with van der Waals surface area (Å²) in [5, 5.41) is 2.98. The van der Waals surface area contributed by atoms with Gasteiger partial charge in [-0.25, -0.2) is 17.8 Å². The number of anilines is 1. The minimum Gasteiger partial charge on any atom is -0.379 e. The molecule has 2 heterocycles. The van der Waals surface area contributed by atoms with Crippen LogP contribution in [0.2, 0.25) is 0 Å². The molecule has 1 N–H and O–H groups in total. The number of aromatic nitrogens is 1. The highest BCUT2D eigenvalue weighted by molar-refractivity contribution is 7.99. The summed E-state index contributed by atoms with van der Waals surface area (Å²) in [6.45, 7) is 1.37. The number of amides is 1. The van der Waals surface area contributed by atoms with Gasteiger partial charge in [0.15, 0.2) is 0 Å². The predicted octanol–water partition coefficient (Wildman–Crippen LogP) is 1.97. The molecular formula is C17H18FN3O4S2. The summed E-state index contributed by atoms with van der Waals surface area (Å²) in [6.07, 6.45) is 1.28. The van der Waals surface area contributed by atoms with Crippen molar-refractivity contribution in [1.29, 1.82) is 0 Å². The van der Waals surface area contributed by atoms with Gasteiger partial charge in [0.25, 0.3) is 0 Å². The number of ether oxygens (including phenoxy) is 1. The second-order valence-corrected chi connectivity index (χ2v) is 8.60. The Hall–Kier alpha value is -2.01. The number of para-hydroxylation sites is 1. The van der Waals surface area contributed by atoms with Crippen LogP contribution in [0.15, 0.2) is 52.5 Å². The number of rotatable bonds is 6.